The second-order valence-electron chi connectivity index (χ2n) is 3.56. The molecule has 1 unspecified atom stereocenters. The number of rotatable bonds is 4. The summed E-state index contributed by atoms with van der Waals surface area (Å²) in [5.74, 6) is 1.16. The quantitative estimate of drug-likeness (QED) is 0.743. The Morgan fingerprint density at radius 1 is 1.60 bits per heavy atom. The van der Waals surface area contributed by atoms with E-state index < -0.39 is 0 Å². The molecule has 0 aliphatic carbocycles. The van der Waals surface area contributed by atoms with Gasteiger partial charge in [0.25, 0.3) is 0 Å². The van der Waals surface area contributed by atoms with Gasteiger partial charge >= 0.3 is 0 Å². The zero-order valence-electron chi connectivity index (χ0n) is 8.59. The second-order valence-corrected chi connectivity index (χ2v) is 3.56. The molecule has 0 bridgehead atoms. The number of aromatic nitrogens is 4. The Morgan fingerprint density at radius 2 is 2.47 bits per heavy atom. The molecule has 2 aromatic heterocycles. The van der Waals surface area contributed by atoms with Crippen LogP contribution in [-0.2, 0) is 0 Å². The van der Waals surface area contributed by atoms with Gasteiger partial charge in [-0.25, -0.2) is 4.98 Å². The summed E-state index contributed by atoms with van der Waals surface area (Å²) >= 11 is 0. The lowest BCUT2D eigenvalue weighted by atomic mass is 10.2. The van der Waals surface area contributed by atoms with E-state index in [1.807, 2.05) is 10.6 Å². The van der Waals surface area contributed by atoms with Crippen molar-refractivity contribution in [1.29, 1.82) is 0 Å². The van der Waals surface area contributed by atoms with E-state index >= 15 is 0 Å². The molecule has 3 N–H and O–H groups in total. The zero-order valence-corrected chi connectivity index (χ0v) is 8.59. The van der Waals surface area contributed by atoms with E-state index in [4.69, 9.17) is 5.73 Å². The molecule has 0 fully saturated rings. The lowest BCUT2D eigenvalue weighted by molar-refractivity contribution is 0.627. The number of anilines is 1. The van der Waals surface area contributed by atoms with Crippen molar-refractivity contribution in [1.82, 2.24) is 19.6 Å². The van der Waals surface area contributed by atoms with Crippen LogP contribution in [0.4, 0.5) is 5.82 Å². The van der Waals surface area contributed by atoms with Gasteiger partial charge in [0, 0.05) is 18.9 Å². The van der Waals surface area contributed by atoms with Crippen LogP contribution in [-0.4, -0.2) is 32.7 Å². The van der Waals surface area contributed by atoms with E-state index in [-0.39, 0.29) is 0 Å². The van der Waals surface area contributed by atoms with E-state index in [0.29, 0.717) is 12.5 Å². The Hall–Kier alpha value is -1.69. The largest absolute Gasteiger partial charge is 0.367 e. The molecule has 0 aromatic carbocycles. The number of nitrogens with two attached hydrogens (primary N) is 1. The molecule has 15 heavy (non-hydrogen) atoms. The highest BCUT2D eigenvalue weighted by Crippen LogP contribution is 2.09. The van der Waals surface area contributed by atoms with Crippen molar-refractivity contribution in [2.45, 2.75) is 6.92 Å². The van der Waals surface area contributed by atoms with Gasteiger partial charge in [-0.2, -0.15) is 0 Å². The molecule has 2 rings (SSSR count). The molecule has 0 aliphatic heterocycles. The lowest BCUT2D eigenvalue weighted by Gasteiger charge is -2.10. The van der Waals surface area contributed by atoms with Crippen molar-refractivity contribution in [3.63, 3.8) is 0 Å². The average Bonchev–Trinajstić information content (AvgIpc) is 2.74. The summed E-state index contributed by atoms with van der Waals surface area (Å²) in [7, 11) is 0. The number of nitrogens with one attached hydrogen (secondary N) is 1. The van der Waals surface area contributed by atoms with Gasteiger partial charge in [0.15, 0.2) is 5.82 Å². The molecule has 6 nitrogen and oxygen atoms in total. The minimum absolute atomic E-state index is 0.412. The molecule has 0 saturated carbocycles. The highest BCUT2D eigenvalue weighted by molar-refractivity contribution is 5.61. The second kappa shape index (κ2) is 4.22. The number of hydrogen-bond acceptors (Lipinski definition) is 5. The van der Waals surface area contributed by atoms with Gasteiger partial charge < -0.3 is 11.1 Å². The average molecular weight is 206 g/mol. The van der Waals surface area contributed by atoms with E-state index in [2.05, 4.69) is 27.4 Å². The minimum Gasteiger partial charge on any atom is -0.367 e. The van der Waals surface area contributed by atoms with Gasteiger partial charge in [0.2, 0.25) is 5.65 Å². The Kier molecular flexibility index (Phi) is 2.77. The molecule has 80 valence electrons. The normalized spacial score (nSPS) is 12.9. The monoisotopic (exact) mass is 206 g/mol. The van der Waals surface area contributed by atoms with Gasteiger partial charge in [0.05, 0.1) is 0 Å². The van der Waals surface area contributed by atoms with Crippen LogP contribution in [0.1, 0.15) is 6.92 Å². The van der Waals surface area contributed by atoms with Crippen LogP contribution < -0.4 is 11.1 Å². The molecule has 0 amide bonds. The SMILES string of the molecule is CC(CN)CNc1nccn2cnnc12. The topological polar surface area (TPSA) is 81.1 Å². The van der Waals surface area contributed by atoms with Crippen molar-refractivity contribution in [2.24, 2.45) is 11.7 Å². The Bertz CT molecular complexity index is 437. The molecular weight excluding hydrogens is 192 g/mol. The summed E-state index contributed by atoms with van der Waals surface area (Å²) in [6.07, 6.45) is 5.17. The van der Waals surface area contributed by atoms with Gasteiger partial charge in [0.1, 0.15) is 6.33 Å². The standard InChI is InChI=1S/C9H14N6/c1-7(4-10)5-12-8-9-14-13-6-15(9)3-2-11-8/h2-3,6-7H,4-5,10H2,1H3,(H,11,12). The summed E-state index contributed by atoms with van der Waals surface area (Å²) in [6.45, 7) is 3.52. The molecule has 2 heterocycles. The van der Waals surface area contributed by atoms with Crippen molar-refractivity contribution in [2.75, 3.05) is 18.4 Å². The maximum atomic E-state index is 5.54. The fourth-order valence-electron chi connectivity index (χ4n) is 1.24. The first-order valence-electron chi connectivity index (χ1n) is 4.89. The third kappa shape index (κ3) is 2.04. The van der Waals surface area contributed by atoms with Crippen molar-refractivity contribution in [3.05, 3.63) is 18.7 Å². The van der Waals surface area contributed by atoms with Crippen LogP contribution in [0.2, 0.25) is 0 Å². The van der Waals surface area contributed by atoms with Crippen molar-refractivity contribution < 1.29 is 0 Å². The molecule has 0 aliphatic rings. The fourth-order valence-corrected chi connectivity index (χ4v) is 1.24. The van der Waals surface area contributed by atoms with Crippen LogP contribution in [0.5, 0.6) is 0 Å². The third-order valence-corrected chi connectivity index (χ3v) is 2.24. The van der Waals surface area contributed by atoms with Crippen LogP contribution in [0.25, 0.3) is 5.65 Å². The van der Waals surface area contributed by atoms with E-state index in [1.54, 1.807) is 12.5 Å². The van der Waals surface area contributed by atoms with Gasteiger partial charge in [-0.1, -0.05) is 6.92 Å². The van der Waals surface area contributed by atoms with E-state index in [1.165, 1.54) is 0 Å². The van der Waals surface area contributed by atoms with E-state index in [9.17, 15) is 0 Å². The van der Waals surface area contributed by atoms with Gasteiger partial charge in [-0.3, -0.25) is 4.40 Å². The molecule has 0 spiro atoms. The maximum absolute atomic E-state index is 5.54. The number of nitrogens with zero attached hydrogens (tertiary/aromatic N) is 4. The first-order valence-corrected chi connectivity index (χ1v) is 4.89. The predicted octanol–water partition coefficient (Wildman–Crippen LogP) is 0.131. The van der Waals surface area contributed by atoms with Crippen molar-refractivity contribution >= 4 is 11.5 Å². The summed E-state index contributed by atoms with van der Waals surface area (Å²) in [4.78, 5) is 4.21. The van der Waals surface area contributed by atoms with Crippen LogP contribution >= 0.6 is 0 Å². The third-order valence-electron chi connectivity index (χ3n) is 2.24. The fraction of sp³-hybridized carbons (Fsp3) is 0.444. The molecule has 0 saturated heterocycles. The highest BCUT2D eigenvalue weighted by atomic mass is 15.2. The summed E-state index contributed by atoms with van der Waals surface area (Å²) in [6, 6.07) is 0. The zero-order chi connectivity index (χ0) is 10.7. The first-order chi connectivity index (χ1) is 7.31. The van der Waals surface area contributed by atoms with Crippen molar-refractivity contribution in [3.8, 4) is 0 Å². The number of fused-ring (bicyclic) bond motifs is 1. The van der Waals surface area contributed by atoms with Crippen LogP contribution in [0, 0.1) is 5.92 Å². The smallest absolute Gasteiger partial charge is 0.203 e. The molecule has 2 aromatic rings. The summed E-state index contributed by atoms with van der Waals surface area (Å²) in [5.41, 5.74) is 6.27. The van der Waals surface area contributed by atoms with Crippen LogP contribution in [0.3, 0.4) is 0 Å². The Morgan fingerprint density at radius 3 is 3.27 bits per heavy atom. The number of hydrogen-bond donors (Lipinski definition) is 2. The lowest BCUT2D eigenvalue weighted by Crippen LogP contribution is -2.20. The highest BCUT2D eigenvalue weighted by Gasteiger charge is 2.05. The minimum atomic E-state index is 0.412. The Labute approximate surface area is 87.5 Å². The first kappa shape index (κ1) is 9.85. The van der Waals surface area contributed by atoms with Crippen LogP contribution in [0.15, 0.2) is 18.7 Å². The molecule has 6 heteroatoms. The maximum Gasteiger partial charge on any atom is 0.203 e. The van der Waals surface area contributed by atoms with E-state index in [0.717, 1.165) is 18.0 Å². The summed E-state index contributed by atoms with van der Waals surface area (Å²) < 4.78 is 1.82. The van der Waals surface area contributed by atoms with Gasteiger partial charge in [-0.05, 0) is 12.5 Å². The summed E-state index contributed by atoms with van der Waals surface area (Å²) in [5, 5.41) is 11.0. The molecule has 0 radical (unpaired) electrons. The predicted molar refractivity (Wildman–Crippen MR) is 57.5 cm³/mol. The molecule has 1 atom stereocenters. The Balaban J connectivity index is 2.17. The van der Waals surface area contributed by atoms with Gasteiger partial charge in [-0.15, -0.1) is 10.2 Å². The molecular formula is C9H14N6.